The molecule has 2 heteroatoms. The maximum Gasteiger partial charge on any atom is 0.0121 e. The van der Waals surface area contributed by atoms with E-state index >= 15 is 0 Å². The van der Waals surface area contributed by atoms with Crippen LogP contribution in [-0.2, 0) is 0 Å². The van der Waals surface area contributed by atoms with Gasteiger partial charge in [-0.2, -0.15) is 12.6 Å². The molecule has 0 rings (SSSR count). The van der Waals surface area contributed by atoms with Crippen LogP contribution in [0, 0.1) is 11.3 Å². The number of thiol groups is 1. The fourth-order valence-electron chi connectivity index (χ4n) is 1.01. The molecule has 0 bridgehead atoms. The van der Waals surface area contributed by atoms with Gasteiger partial charge in [-0.3, -0.25) is 0 Å². The second kappa shape index (κ2) is 3.63. The second-order valence-corrected chi connectivity index (χ2v) is 4.23. The molecular formula is C8H19NS. The van der Waals surface area contributed by atoms with Crippen molar-refractivity contribution < 1.29 is 0 Å². The lowest BCUT2D eigenvalue weighted by Crippen LogP contribution is -2.42. The quantitative estimate of drug-likeness (QED) is 0.608. The molecule has 0 heterocycles. The highest BCUT2D eigenvalue weighted by Crippen LogP contribution is 2.25. The largest absolute Gasteiger partial charge is 0.327 e. The molecule has 1 unspecified atom stereocenters. The minimum Gasteiger partial charge on any atom is -0.327 e. The van der Waals surface area contributed by atoms with E-state index in [0.29, 0.717) is 5.92 Å². The molecule has 0 aliphatic rings. The lowest BCUT2D eigenvalue weighted by Gasteiger charge is -2.32. The van der Waals surface area contributed by atoms with E-state index in [4.69, 9.17) is 5.73 Å². The highest BCUT2D eigenvalue weighted by molar-refractivity contribution is 7.80. The summed E-state index contributed by atoms with van der Waals surface area (Å²) in [7, 11) is 0. The van der Waals surface area contributed by atoms with Gasteiger partial charge in [0.25, 0.3) is 0 Å². The third-order valence-corrected chi connectivity index (χ3v) is 2.84. The van der Waals surface area contributed by atoms with Crippen molar-refractivity contribution in [3.8, 4) is 0 Å². The van der Waals surface area contributed by atoms with Crippen LogP contribution >= 0.6 is 12.6 Å². The molecule has 0 amide bonds. The Hall–Kier alpha value is 0.310. The monoisotopic (exact) mass is 161 g/mol. The highest BCUT2D eigenvalue weighted by atomic mass is 32.1. The van der Waals surface area contributed by atoms with Crippen molar-refractivity contribution in [2.24, 2.45) is 17.1 Å². The van der Waals surface area contributed by atoms with Crippen LogP contribution in [0.4, 0.5) is 0 Å². The summed E-state index contributed by atoms with van der Waals surface area (Å²) in [4.78, 5) is 0. The van der Waals surface area contributed by atoms with Crippen LogP contribution in [0.1, 0.15) is 27.7 Å². The Morgan fingerprint density at radius 1 is 1.40 bits per heavy atom. The van der Waals surface area contributed by atoms with Gasteiger partial charge in [-0.25, -0.2) is 0 Å². The Bertz CT molecular complexity index is 99.4. The Kier molecular flexibility index (Phi) is 3.74. The molecule has 0 aliphatic heterocycles. The zero-order chi connectivity index (χ0) is 8.36. The van der Waals surface area contributed by atoms with Crippen LogP contribution in [0.25, 0.3) is 0 Å². The summed E-state index contributed by atoms with van der Waals surface area (Å²) >= 11 is 4.26. The molecule has 0 saturated carbocycles. The average molecular weight is 161 g/mol. The van der Waals surface area contributed by atoms with Crippen LogP contribution in [0.2, 0.25) is 0 Å². The van der Waals surface area contributed by atoms with Gasteiger partial charge >= 0.3 is 0 Å². The van der Waals surface area contributed by atoms with Gasteiger partial charge in [-0.15, -0.1) is 0 Å². The molecule has 0 aromatic rings. The SMILES string of the molecule is CC(C)C(N)C(C)(C)CS. The predicted molar refractivity (Wildman–Crippen MR) is 50.4 cm³/mol. The molecule has 0 radical (unpaired) electrons. The molecule has 2 N–H and O–H groups in total. The van der Waals surface area contributed by atoms with Gasteiger partial charge in [-0.1, -0.05) is 27.7 Å². The number of nitrogens with two attached hydrogens (primary N) is 1. The Morgan fingerprint density at radius 2 is 1.80 bits per heavy atom. The molecule has 1 nitrogen and oxygen atoms in total. The van der Waals surface area contributed by atoms with Crippen molar-refractivity contribution in [3.63, 3.8) is 0 Å². The predicted octanol–water partition coefficient (Wildman–Crippen LogP) is 1.93. The van der Waals surface area contributed by atoms with E-state index in [0.717, 1.165) is 5.75 Å². The summed E-state index contributed by atoms with van der Waals surface area (Å²) in [6.07, 6.45) is 0. The van der Waals surface area contributed by atoms with Crippen molar-refractivity contribution in [2.45, 2.75) is 33.7 Å². The van der Waals surface area contributed by atoms with Crippen LogP contribution in [0.15, 0.2) is 0 Å². The van der Waals surface area contributed by atoms with E-state index in [2.05, 4.69) is 40.3 Å². The fraction of sp³-hybridized carbons (Fsp3) is 1.00. The van der Waals surface area contributed by atoms with Gasteiger partial charge in [-0.05, 0) is 17.1 Å². The van der Waals surface area contributed by atoms with Crippen molar-refractivity contribution in [2.75, 3.05) is 5.75 Å². The second-order valence-electron chi connectivity index (χ2n) is 3.92. The Morgan fingerprint density at radius 3 is 1.90 bits per heavy atom. The zero-order valence-corrected chi connectivity index (χ0v) is 8.28. The summed E-state index contributed by atoms with van der Waals surface area (Å²) in [6.45, 7) is 8.61. The number of hydrogen-bond acceptors (Lipinski definition) is 2. The maximum absolute atomic E-state index is 5.96. The van der Waals surface area contributed by atoms with Crippen LogP contribution < -0.4 is 5.73 Å². The van der Waals surface area contributed by atoms with E-state index in [1.165, 1.54) is 0 Å². The minimum atomic E-state index is 0.164. The van der Waals surface area contributed by atoms with Crippen molar-refractivity contribution in [3.05, 3.63) is 0 Å². The van der Waals surface area contributed by atoms with Gasteiger partial charge in [0.1, 0.15) is 0 Å². The molecule has 0 fully saturated rings. The average Bonchev–Trinajstić information content (AvgIpc) is 1.86. The van der Waals surface area contributed by atoms with Gasteiger partial charge in [0.15, 0.2) is 0 Å². The van der Waals surface area contributed by atoms with Gasteiger partial charge in [0.2, 0.25) is 0 Å². The molecule has 0 aliphatic carbocycles. The minimum absolute atomic E-state index is 0.164. The molecular weight excluding hydrogens is 142 g/mol. The van der Waals surface area contributed by atoms with Gasteiger partial charge in [0, 0.05) is 6.04 Å². The van der Waals surface area contributed by atoms with E-state index in [9.17, 15) is 0 Å². The summed E-state index contributed by atoms with van der Waals surface area (Å²) in [5.74, 6) is 1.40. The third-order valence-electron chi connectivity index (χ3n) is 2.03. The zero-order valence-electron chi connectivity index (χ0n) is 7.39. The van der Waals surface area contributed by atoms with Crippen molar-refractivity contribution >= 4 is 12.6 Å². The van der Waals surface area contributed by atoms with Crippen LogP contribution in [0.3, 0.4) is 0 Å². The molecule has 1 atom stereocenters. The first-order chi connectivity index (χ1) is 4.41. The van der Waals surface area contributed by atoms with Crippen LogP contribution in [-0.4, -0.2) is 11.8 Å². The normalized spacial score (nSPS) is 15.9. The first-order valence-corrected chi connectivity index (χ1v) is 4.41. The summed E-state index contributed by atoms with van der Waals surface area (Å²) in [5.41, 5.74) is 6.12. The Labute approximate surface area is 69.8 Å². The van der Waals surface area contributed by atoms with Crippen molar-refractivity contribution in [1.82, 2.24) is 0 Å². The first-order valence-electron chi connectivity index (χ1n) is 3.78. The number of hydrogen-bond donors (Lipinski definition) is 2. The van der Waals surface area contributed by atoms with Crippen molar-refractivity contribution in [1.29, 1.82) is 0 Å². The first kappa shape index (κ1) is 10.3. The maximum atomic E-state index is 5.96. The molecule has 0 spiro atoms. The van der Waals surface area contributed by atoms with Gasteiger partial charge < -0.3 is 5.73 Å². The third kappa shape index (κ3) is 2.51. The summed E-state index contributed by atoms with van der Waals surface area (Å²) in [6, 6.07) is 0.255. The van der Waals surface area contributed by atoms with E-state index in [-0.39, 0.29) is 11.5 Å². The van der Waals surface area contributed by atoms with E-state index in [1.807, 2.05) is 0 Å². The summed E-state index contributed by atoms with van der Waals surface area (Å²) < 4.78 is 0. The molecule has 0 saturated heterocycles. The van der Waals surface area contributed by atoms with E-state index < -0.39 is 0 Å². The molecule has 0 aromatic heterocycles. The fourth-order valence-corrected chi connectivity index (χ4v) is 1.22. The summed E-state index contributed by atoms with van der Waals surface area (Å²) in [5, 5.41) is 0. The van der Waals surface area contributed by atoms with Crippen LogP contribution in [0.5, 0.6) is 0 Å². The Balaban J connectivity index is 4.03. The molecule has 10 heavy (non-hydrogen) atoms. The standard InChI is InChI=1S/C8H19NS/c1-6(2)7(9)8(3,4)5-10/h6-7,10H,5,9H2,1-4H3. The van der Waals surface area contributed by atoms with E-state index in [1.54, 1.807) is 0 Å². The van der Waals surface area contributed by atoms with Gasteiger partial charge in [0.05, 0.1) is 0 Å². The molecule has 62 valence electrons. The number of rotatable bonds is 3. The lowest BCUT2D eigenvalue weighted by molar-refractivity contribution is 0.267. The molecule has 0 aromatic carbocycles. The lowest BCUT2D eigenvalue weighted by atomic mass is 9.81. The topological polar surface area (TPSA) is 26.0 Å². The smallest absolute Gasteiger partial charge is 0.0121 e. The highest BCUT2D eigenvalue weighted by Gasteiger charge is 2.26.